The largest absolute Gasteiger partial charge is 0.425 e. The van der Waals surface area contributed by atoms with Crippen molar-refractivity contribution in [3.63, 3.8) is 0 Å². The molecule has 1 fully saturated rings. The Morgan fingerprint density at radius 3 is 2.41 bits per heavy atom. The first kappa shape index (κ1) is 20.5. The predicted molar refractivity (Wildman–Crippen MR) is 129 cm³/mol. The quantitative estimate of drug-likeness (QED) is 0.436. The van der Waals surface area contributed by atoms with E-state index < -0.39 is 6.10 Å². The average molecular weight is 456 g/mol. The fourth-order valence-corrected chi connectivity index (χ4v) is 4.44. The molecule has 5 aromatic rings. The maximum atomic E-state index is 10.6. The summed E-state index contributed by atoms with van der Waals surface area (Å²) in [6.45, 7) is 3.19. The molecule has 6 rings (SSSR count). The molecule has 172 valence electrons. The molecule has 1 unspecified atom stereocenters. The van der Waals surface area contributed by atoms with Crippen LogP contribution in [0.15, 0.2) is 77.9 Å². The zero-order chi connectivity index (χ0) is 23.1. The summed E-state index contributed by atoms with van der Waals surface area (Å²) in [5.74, 6) is 0.454. The number of fused-ring (bicyclic) bond motifs is 1. The third kappa shape index (κ3) is 3.69. The van der Waals surface area contributed by atoms with Gasteiger partial charge in [-0.15, -0.1) is 0 Å². The highest BCUT2D eigenvalue weighted by molar-refractivity contribution is 5.75. The standard InChI is InChI=1S/C25H25N7O2/c1-29-16-20(13-27-29)19-7-8-21-22(14-28-32(21)17-19)30-9-11-31(12-10-30)25-26-15-23(34-25)24(33)18-5-3-2-4-6-18/h2-8,13-17,24,33H,9-12H2,1H3. The van der Waals surface area contributed by atoms with Gasteiger partial charge >= 0.3 is 0 Å². The van der Waals surface area contributed by atoms with Crippen LogP contribution in [0.5, 0.6) is 0 Å². The predicted octanol–water partition coefficient (Wildman–Crippen LogP) is 3.13. The molecule has 1 saturated heterocycles. The number of rotatable bonds is 5. The van der Waals surface area contributed by atoms with Gasteiger partial charge in [-0.1, -0.05) is 36.4 Å². The highest BCUT2D eigenvalue weighted by atomic mass is 16.4. The number of aromatic nitrogens is 5. The maximum Gasteiger partial charge on any atom is 0.297 e. The lowest BCUT2D eigenvalue weighted by Gasteiger charge is -2.34. The molecule has 0 spiro atoms. The number of hydrogen-bond acceptors (Lipinski definition) is 7. The molecule has 9 nitrogen and oxygen atoms in total. The maximum absolute atomic E-state index is 10.6. The molecular formula is C25H25N7O2. The minimum atomic E-state index is -0.820. The number of pyridine rings is 1. The van der Waals surface area contributed by atoms with Crippen molar-refractivity contribution in [2.75, 3.05) is 36.0 Å². The molecule has 0 radical (unpaired) electrons. The van der Waals surface area contributed by atoms with E-state index in [1.807, 2.05) is 66.7 Å². The molecule has 34 heavy (non-hydrogen) atoms. The summed E-state index contributed by atoms with van der Waals surface area (Å²) in [5.41, 5.74) is 5.13. The first-order valence-corrected chi connectivity index (χ1v) is 11.3. The monoisotopic (exact) mass is 455 g/mol. The second-order valence-electron chi connectivity index (χ2n) is 8.51. The Hall–Kier alpha value is -4.11. The molecule has 0 bridgehead atoms. The van der Waals surface area contributed by atoms with Gasteiger partial charge in [-0.3, -0.25) is 4.68 Å². The molecular weight excluding hydrogens is 430 g/mol. The van der Waals surface area contributed by atoms with Crippen LogP contribution in [0.1, 0.15) is 17.4 Å². The number of anilines is 2. The Morgan fingerprint density at radius 2 is 1.65 bits per heavy atom. The lowest BCUT2D eigenvalue weighted by molar-refractivity contribution is 0.190. The van der Waals surface area contributed by atoms with Crippen molar-refractivity contribution in [1.29, 1.82) is 0 Å². The van der Waals surface area contributed by atoms with Gasteiger partial charge in [-0.2, -0.15) is 10.2 Å². The molecule has 0 saturated carbocycles. The van der Waals surface area contributed by atoms with E-state index in [1.54, 1.807) is 10.9 Å². The molecule has 0 aliphatic carbocycles. The van der Waals surface area contributed by atoms with Crippen LogP contribution in [0.4, 0.5) is 11.7 Å². The first-order chi connectivity index (χ1) is 16.7. The third-order valence-corrected chi connectivity index (χ3v) is 6.32. The number of benzene rings is 1. The van der Waals surface area contributed by atoms with Crippen LogP contribution in [0.2, 0.25) is 0 Å². The van der Waals surface area contributed by atoms with Crippen molar-refractivity contribution in [3.8, 4) is 11.1 Å². The van der Waals surface area contributed by atoms with Gasteiger partial charge in [-0.05, 0) is 11.6 Å². The van der Waals surface area contributed by atoms with E-state index in [0.717, 1.165) is 54.1 Å². The smallest absolute Gasteiger partial charge is 0.297 e. The number of nitrogens with zero attached hydrogens (tertiary/aromatic N) is 7. The van der Waals surface area contributed by atoms with Crippen molar-refractivity contribution in [2.24, 2.45) is 7.05 Å². The molecule has 1 aliphatic rings. The van der Waals surface area contributed by atoms with Crippen molar-refractivity contribution in [2.45, 2.75) is 6.10 Å². The Kier molecular flexibility index (Phi) is 5.03. The van der Waals surface area contributed by atoms with E-state index in [-0.39, 0.29) is 0 Å². The Morgan fingerprint density at radius 1 is 0.853 bits per heavy atom. The fraction of sp³-hybridized carbons (Fsp3) is 0.240. The number of aliphatic hydroxyl groups excluding tert-OH is 1. The van der Waals surface area contributed by atoms with Gasteiger partial charge in [0, 0.05) is 56.7 Å². The Balaban J connectivity index is 1.15. The number of piperazine rings is 1. The van der Waals surface area contributed by atoms with Gasteiger partial charge in [-0.25, -0.2) is 9.50 Å². The van der Waals surface area contributed by atoms with Crippen LogP contribution in [0, 0.1) is 0 Å². The molecule has 4 aromatic heterocycles. The van der Waals surface area contributed by atoms with Gasteiger partial charge < -0.3 is 19.3 Å². The third-order valence-electron chi connectivity index (χ3n) is 6.32. The lowest BCUT2D eigenvalue weighted by atomic mass is 10.1. The van der Waals surface area contributed by atoms with Gasteiger partial charge in [0.05, 0.1) is 29.8 Å². The van der Waals surface area contributed by atoms with E-state index in [4.69, 9.17) is 4.42 Å². The van der Waals surface area contributed by atoms with Crippen LogP contribution < -0.4 is 9.80 Å². The van der Waals surface area contributed by atoms with E-state index >= 15 is 0 Å². The number of hydrogen-bond donors (Lipinski definition) is 1. The molecule has 0 amide bonds. The zero-order valence-corrected chi connectivity index (χ0v) is 18.8. The summed E-state index contributed by atoms with van der Waals surface area (Å²) < 4.78 is 9.64. The highest BCUT2D eigenvalue weighted by Gasteiger charge is 2.24. The van der Waals surface area contributed by atoms with Crippen LogP contribution in [-0.2, 0) is 7.05 Å². The first-order valence-electron chi connectivity index (χ1n) is 11.3. The summed E-state index contributed by atoms with van der Waals surface area (Å²) in [6, 6.07) is 14.2. The number of aliphatic hydroxyl groups is 1. The van der Waals surface area contributed by atoms with Gasteiger partial charge in [0.25, 0.3) is 6.01 Å². The van der Waals surface area contributed by atoms with E-state index in [9.17, 15) is 5.11 Å². The van der Waals surface area contributed by atoms with Gasteiger partial charge in [0.1, 0.15) is 6.10 Å². The fourth-order valence-electron chi connectivity index (χ4n) is 4.44. The zero-order valence-electron chi connectivity index (χ0n) is 18.8. The Labute approximate surface area is 196 Å². The molecule has 1 N–H and O–H groups in total. The second-order valence-corrected chi connectivity index (χ2v) is 8.51. The molecule has 1 aromatic carbocycles. The van der Waals surface area contributed by atoms with Crippen LogP contribution in [-0.4, -0.2) is 55.7 Å². The Bertz CT molecular complexity index is 1410. The summed E-state index contributed by atoms with van der Waals surface area (Å²) in [5, 5.41) is 19.4. The van der Waals surface area contributed by atoms with Crippen LogP contribution in [0.25, 0.3) is 16.6 Å². The van der Waals surface area contributed by atoms with Gasteiger partial charge in [0.2, 0.25) is 0 Å². The summed E-state index contributed by atoms with van der Waals surface area (Å²) in [7, 11) is 1.91. The van der Waals surface area contributed by atoms with Crippen molar-refractivity contribution >= 4 is 17.2 Å². The number of aryl methyl sites for hydroxylation is 1. The topological polar surface area (TPSA) is 87.9 Å². The highest BCUT2D eigenvalue weighted by Crippen LogP contribution is 2.29. The molecule has 5 heterocycles. The summed E-state index contributed by atoms with van der Waals surface area (Å²) >= 11 is 0. The summed E-state index contributed by atoms with van der Waals surface area (Å²) in [6.07, 6.45) is 8.62. The van der Waals surface area contributed by atoms with E-state index in [0.29, 0.717) is 11.8 Å². The lowest BCUT2D eigenvalue weighted by Crippen LogP contribution is -2.46. The number of oxazole rings is 1. The SMILES string of the molecule is Cn1cc(-c2ccc3c(N4CCN(c5ncc(C(O)c6ccccc6)o5)CC4)cnn3c2)cn1. The van der Waals surface area contributed by atoms with Crippen LogP contribution >= 0.6 is 0 Å². The van der Waals surface area contributed by atoms with Gasteiger partial charge in [0.15, 0.2) is 5.76 Å². The normalized spacial score (nSPS) is 15.2. The second kappa shape index (κ2) is 8.35. The molecule has 1 aliphatic heterocycles. The average Bonchev–Trinajstić information content (AvgIpc) is 3.63. The molecule has 1 atom stereocenters. The van der Waals surface area contributed by atoms with E-state index in [1.165, 1.54) is 0 Å². The summed E-state index contributed by atoms with van der Waals surface area (Å²) in [4.78, 5) is 8.88. The van der Waals surface area contributed by atoms with E-state index in [2.05, 4.69) is 37.1 Å². The molecule has 9 heteroatoms. The van der Waals surface area contributed by atoms with Crippen molar-refractivity contribution in [3.05, 3.63) is 84.8 Å². The van der Waals surface area contributed by atoms with Crippen molar-refractivity contribution in [1.82, 2.24) is 24.4 Å². The van der Waals surface area contributed by atoms with Crippen molar-refractivity contribution < 1.29 is 9.52 Å². The minimum Gasteiger partial charge on any atom is -0.425 e. The minimum absolute atomic E-state index is 0.454. The van der Waals surface area contributed by atoms with Crippen LogP contribution in [0.3, 0.4) is 0 Å².